The Labute approximate surface area is 159 Å². The van der Waals surface area contributed by atoms with Crippen LogP contribution >= 0.6 is 0 Å². The first-order valence-electron chi connectivity index (χ1n) is 8.92. The van der Waals surface area contributed by atoms with E-state index in [0.717, 1.165) is 11.1 Å². The van der Waals surface area contributed by atoms with Gasteiger partial charge in [-0.05, 0) is 23.3 Å². The Morgan fingerprint density at radius 1 is 1.11 bits per heavy atom. The summed E-state index contributed by atoms with van der Waals surface area (Å²) in [4.78, 5) is 27.1. The number of amides is 2. The van der Waals surface area contributed by atoms with Crippen LogP contribution in [0.5, 0.6) is 0 Å². The summed E-state index contributed by atoms with van der Waals surface area (Å²) in [5.74, 6) is -0.777. The lowest BCUT2D eigenvalue weighted by Crippen LogP contribution is -2.44. The van der Waals surface area contributed by atoms with Crippen molar-refractivity contribution in [3.63, 3.8) is 0 Å². The fraction of sp³-hybridized carbons (Fsp3) is 0.333. The molecule has 0 fully saturated rings. The molecule has 2 amide bonds. The monoisotopic (exact) mass is 372 g/mol. The second-order valence-electron chi connectivity index (χ2n) is 6.10. The van der Waals surface area contributed by atoms with Gasteiger partial charge >= 0.3 is 0 Å². The molecule has 0 aliphatic heterocycles. The van der Waals surface area contributed by atoms with Gasteiger partial charge in [-0.3, -0.25) is 9.59 Å². The van der Waals surface area contributed by atoms with Gasteiger partial charge in [-0.15, -0.1) is 0 Å². The molecule has 0 heterocycles. The van der Waals surface area contributed by atoms with Crippen LogP contribution in [0, 0.1) is 5.82 Å². The maximum Gasteiger partial charge on any atom is 0.247 e. The third-order valence-electron chi connectivity index (χ3n) is 4.17. The van der Waals surface area contributed by atoms with E-state index in [4.69, 9.17) is 4.74 Å². The van der Waals surface area contributed by atoms with Crippen molar-refractivity contribution in [1.29, 1.82) is 0 Å². The standard InChI is InChI=1S/C21H25FN2O3/c1-3-19(25)24(15-16-9-11-18(22)12-10-16)20(17-7-5-4-6-8-17)21(26)23-13-14-27-2/h4-12,20H,3,13-15H2,1-2H3,(H,23,26)/t20-/m0/s1. The smallest absolute Gasteiger partial charge is 0.247 e. The van der Waals surface area contributed by atoms with Crippen molar-refractivity contribution >= 4 is 11.8 Å². The topological polar surface area (TPSA) is 58.6 Å². The number of rotatable bonds is 9. The highest BCUT2D eigenvalue weighted by atomic mass is 19.1. The van der Waals surface area contributed by atoms with Crippen molar-refractivity contribution in [2.24, 2.45) is 0 Å². The zero-order valence-electron chi connectivity index (χ0n) is 15.7. The Bertz CT molecular complexity index is 735. The second-order valence-corrected chi connectivity index (χ2v) is 6.10. The van der Waals surface area contributed by atoms with E-state index in [2.05, 4.69) is 5.32 Å². The Morgan fingerprint density at radius 3 is 2.37 bits per heavy atom. The van der Waals surface area contributed by atoms with Crippen LogP contribution in [0.15, 0.2) is 54.6 Å². The van der Waals surface area contributed by atoms with Crippen LogP contribution in [-0.4, -0.2) is 37.0 Å². The summed E-state index contributed by atoms with van der Waals surface area (Å²) in [7, 11) is 1.56. The molecule has 0 saturated carbocycles. The van der Waals surface area contributed by atoms with Crippen LogP contribution in [0.4, 0.5) is 4.39 Å². The van der Waals surface area contributed by atoms with Gasteiger partial charge in [0.05, 0.1) is 6.61 Å². The first-order chi connectivity index (χ1) is 13.1. The minimum atomic E-state index is -0.777. The highest BCUT2D eigenvalue weighted by Gasteiger charge is 2.30. The number of methoxy groups -OCH3 is 1. The molecule has 27 heavy (non-hydrogen) atoms. The predicted octanol–water partition coefficient (Wildman–Crippen LogP) is 3.07. The first-order valence-corrected chi connectivity index (χ1v) is 8.92. The van der Waals surface area contributed by atoms with E-state index in [1.54, 1.807) is 26.2 Å². The normalized spacial score (nSPS) is 11.7. The van der Waals surface area contributed by atoms with E-state index in [1.807, 2.05) is 30.3 Å². The van der Waals surface area contributed by atoms with Crippen LogP contribution in [0.25, 0.3) is 0 Å². The minimum Gasteiger partial charge on any atom is -0.383 e. The lowest BCUT2D eigenvalue weighted by atomic mass is 10.0. The zero-order valence-corrected chi connectivity index (χ0v) is 15.7. The van der Waals surface area contributed by atoms with Crippen LogP contribution in [0.3, 0.4) is 0 Å². The average Bonchev–Trinajstić information content (AvgIpc) is 2.69. The minimum absolute atomic E-state index is 0.157. The molecule has 2 aromatic carbocycles. The number of ether oxygens (including phenoxy) is 1. The summed E-state index contributed by atoms with van der Waals surface area (Å²) in [5.41, 5.74) is 1.47. The number of benzene rings is 2. The van der Waals surface area contributed by atoms with E-state index in [9.17, 15) is 14.0 Å². The number of hydrogen-bond donors (Lipinski definition) is 1. The van der Waals surface area contributed by atoms with Crippen LogP contribution in [0.1, 0.15) is 30.5 Å². The average molecular weight is 372 g/mol. The lowest BCUT2D eigenvalue weighted by Gasteiger charge is -2.31. The molecule has 6 heteroatoms. The van der Waals surface area contributed by atoms with E-state index in [-0.39, 0.29) is 30.6 Å². The fourth-order valence-corrected chi connectivity index (χ4v) is 2.79. The highest BCUT2D eigenvalue weighted by molar-refractivity contribution is 5.88. The maximum absolute atomic E-state index is 13.2. The third-order valence-corrected chi connectivity index (χ3v) is 4.17. The highest BCUT2D eigenvalue weighted by Crippen LogP contribution is 2.24. The fourth-order valence-electron chi connectivity index (χ4n) is 2.79. The number of hydrogen-bond acceptors (Lipinski definition) is 3. The number of nitrogens with one attached hydrogen (secondary N) is 1. The SMILES string of the molecule is CCC(=O)N(Cc1ccc(F)cc1)[C@H](C(=O)NCCOC)c1ccccc1. The molecule has 0 unspecified atom stereocenters. The molecule has 0 saturated heterocycles. The third kappa shape index (κ3) is 5.89. The van der Waals surface area contributed by atoms with Crippen LogP contribution in [0.2, 0.25) is 0 Å². The lowest BCUT2D eigenvalue weighted by molar-refractivity contribution is -0.141. The maximum atomic E-state index is 13.2. The van der Waals surface area contributed by atoms with Gasteiger partial charge in [0.1, 0.15) is 11.9 Å². The van der Waals surface area contributed by atoms with E-state index in [1.165, 1.54) is 17.0 Å². The zero-order chi connectivity index (χ0) is 19.6. The van der Waals surface area contributed by atoms with Gasteiger partial charge in [0.15, 0.2) is 0 Å². The molecule has 144 valence electrons. The van der Waals surface area contributed by atoms with Crippen molar-refractivity contribution in [1.82, 2.24) is 10.2 Å². The quantitative estimate of drug-likeness (QED) is 0.688. The first kappa shape index (κ1) is 20.6. The Morgan fingerprint density at radius 2 is 1.78 bits per heavy atom. The molecule has 1 N–H and O–H groups in total. The molecule has 1 atom stereocenters. The van der Waals surface area contributed by atoms with Crippen molar-refractivity contribution in [3.8, 4) is 0 Å². The van der Waals surface area contributed by atoms with Crippen molar-refractivity contribution in [2.45, 2.75) is 25.9 Å². The van der Waals surface area contributed by atoms with Gasteiger partial charge in [-0.2, -0.15) is 0 Å². The van der Waals surface area contributed by atoms with Gasteiger partial charge in [0.2, 0.25) is 11.8 Å². The Kier molecular flexibility index (Phi) is 7.95. The second kappa shape index (κ2) is 10.4. The number of carbonyl (C=O) groups is 2. The van der Waals surface area contributed by atoms with Crippen LogP contribution in [-0.2, 0) is 20.9 Å². The van der Waals surface area contributed by atoms with Crippen molar-refractivity contribution in [2.75, 3.05) is 20.3 Å². The van der Waals surface area contributed by atoms with E-state index < -0.39 is 6.04 Å². The Balaban J connectivity index is 2.35. The van der Waals surface area contributed by atoms with Crippen LogP contribution < -0.4 is 5.32 Å². The van der Waals surface area contributed by atoms with Gasteiger partial charge in [0.25, 0.3) is 0 Å². The van der Waals surface area contributed by atoms with Gasteiger partial charge in [0, 0.05) is 26.6 Å². The molecule has 0 spiro atoms. The van der Waals surface area contributed by atoms with E-state index in [0.29, 0.717) is 13.2 Å². The number of carbonyl (C=O) groups excluding carboxylic acids is 2. The summed E-state index contributed by atoms with van der Waals surface area (Å²) in [5, 5.41) is 2.82. The van der Waals surface area contributed by atoms with Gasteiger partial charge in [-0.25, -0.2) is 4.39 Å². The summed E-state index contributed by atoms with van der Waals surface area (Å²) >= 11 is 0. The number of nitrogens with zero attached hydrogens (tertiary/aromatic N) is 1. The van der Waals surface area contributed by atoms with Gasteiger partial charge < -0.3 is 15.0 Å². The predicted molar refractivity (Wildman–Crippen MR) is 101 cm³/mol. The Hall–Kier alpha value is -2.73. The summed E-state index contributed by atoms with van der Waals surface area (Å²) in [6, 6.07) is 14.3. The molecule has 0 aromatic heterocycles. The molecule has 5 nitrogen and oxygen atoms in total. The molecule has 0 aliphatic rings. The van der Waals surface area contributed by atoms with Gasteiger partial charge in [-0.1, -0.05) is 49.4 Å². The molecule has 2 rings (SSSR count). The summed E-state index contributed by atoms with van der Waals surface area (Å²) in [6.07, 6.45) is 0.260. The summed E-state index contributed by atoms with van der Waals surface area (Å²) < 4.78 is 18.2. The van der Waals surface area contributed by atoms with Crippen molar-refractivity contribution in [3.05, 3.63) is 71.5 Å². The number of halogens is 1. The summed E-state index contributed by atoms with van der Waals surface area (Å²) in [6.45, 7) is 2.70. The van der Waals surface area contributed by atoms with Crippen molar-refractivity contribution < 1.29 is 18.7 Å². The molecule has 0 aliphatic carbocycles. The molecule has 2 aromatic rings. The molecule has 0 radical (unpaired) electrons. The molecular formula is C21H25FN2O3. The molecule has 0 bridgehead atoms. The largest absolute Gasteiger partial charge is 0.383 e. The molecular weight excluding hydrogens is 347 g/mol. The van der Waals surface area contributed by atoms with E-state index >= 15 is 0 Å².